The lowest BCUT2D eigenvalue weighted by Crippen LogP contribution is -2.15. The summed E-state index contributed by atoms with van der Waals surface area (Å²) in [5.41, 5.74) is 1.83. The van der Waals surface area contributed by atoms with Crippen LogP contribution in [0.25, 0.3) is 11.4 Å². The number of amides is 1. The highest BCUT2D eigenvalue weighted by Gasteiger charge is 2.15. The van der Waals surface area contributed by atoms with Crippen LogP contribution in [0.15, 0.2) is 66.3 Å². The van der Waals surface area contributed by atoms with Crippen molar-refractivity contribution in [1.82, 2.24) is 14.8 Å². The van der Waals surface area contributed by atoms with Gasteiger partial charge in [0.25, 0.3) is 0 Å². The molecular weight excluding hydrogens is 424 g/mol. The number of carbonyl (C=O) groups excluding carboxylic acids is 2. The van der Waals surface area contributed by atoms with Crippen LogP contribution in [-0.4, -0.2) is 39.5 Å². The Bertz CT molecular complexity index is 1070. The van der Waals surface area contributed by atoms with Crippen molar-refractivity contribution in [2.45, 2.75) is 11.7 Å². The van der Waals surface area contributed by atoms with E-state index in [1.807, 2.05) is 22.8 Å². The van der Waals surface area contributed by atoms with Crippen molar-refractivity contribution < 1.29 is 14.3 Å². The second kappa shape index (κ2) is 10.1. The molecule has 3 aromatic rings. The largest absolute Gasteiger partial charge is 0.465 e. The Morgan fingerprint density at radius 1 is 1.23 bits per heavy atom. The van der Waals surface area contributed by atoms with Gasteiger partial charge < -0.3 is 10.1 Å². The summed E-state index contributed by atoms with van der Waals surface area (Å²) < 4.78 is 6.53. The third-order valence-corrected chi connectivity index (χ3v) is 5.24. The molecule has 1 heterocycles. The minimum Gasteiger partial charge on any atom is -0.465 e. The molecule has 0 atom stereocenters. The normalized spacial score (nSPS) is 10.5. The Hall–Kier alpha value is -3.10. The number of thioether (sulfide) groups is 1. The molecule has 0 aliphatic carbocycles. The zero-order valence-corrected chi connectivity index (χ0v) is 17.7. The number of methoxy groups -OCH3 is 1. The van der Waals surface area contributed by atoms with E-state index in [-0.39, 0.29) is 11.7 Å². The van der Waals surface area contributed by atoms with Crippen molar-refractivity contribution >= 4 is 40.9 Å². The molecule has 1 amide bonds. The molecule has 0 aliphatic heterocycles. The van der Waals surface area contributed by atoms with Gasteiger partial charge in [-0.05, 0) is 36.4 Å². The lowest BCUT2D eigenvalue weighted by molar-refractivity contribution is -0.113. The van der Waals surface area contributed by atoms with Crippen LogP contribution < -0.4 is 5.32 Å². The first-order valence-electron chi connectivity index (χ1n) is 8.93. The van der Waals surface area contributed by atoms with Crippen LogP contribution in [0.3, 0.4) is 0 Å². The molecule has 0 aliphatic rings. The number of halogens is 1. The van der Waals surface area contributed by atoms with Gasteiger partial charge in [0, 0.05) is 22.8 Å². The number of nitrogens with one attached hydrogen (secondary N) is 1. The van der Waals surface area contributed by atoms with E-state index in [0.29, 0.717) is 33.8 Å². The van der Waals surface area contributed by atoms with E-state index in [1.54, 1.807) is 36.4 Å². The van der Waals surface area contributed by atoms with Crippen LogP contribution in [0.1, 0.15) is 10.4 Å². The third kappa shape index (κ3) is 5.28. The molecule has 1 aromatic heterocycles. The number of nitrogens with zero attached hydrogens (tertiary/aromatic N) is 3. The van der Waals surface area contributed by atoms with Crippen molar-refractivity contribution in [2.24, 2.45) is 0 Å². The smallest absolute Gasteiger partial charge is 0.337 e. The summed E-state index contributed by atoms with van der Waals surface area (Å²) >= 11 is 7.35. The molecule has 0 saturated heterocycles. The molecule has 1 N–H and O–H groups in total. The van der Waals surface area contributed by atoms with E-state index < -0.39 is 5.97 Å². The van der Waals surface area contributed by atoms with Gasteiger partial charge in [0.2, 0.25) is 5.91 Å². The molecule has 30 heavy (non-hydrogen) atoms. The molecule has 3 rings (SSSR count). The highest BCUT2D eigenvalue weighted by Crippen LogP contribution is 2.26. The van der Waals surface area contributed by atoms with E-state index >= 15 is 0 Å². The van der Waals surface area contributed by atoms with Gasteiger partial charge in [0.1, 0.15) is 0 Å². The number of ether oxygens (including phenoxy) is 1. The SMILES string of the molecule is C=CCn1c(SCC(=O)Nc2ccc(C(=O)OC)cc2)nnc1-c1cccc(Cl)c1. The predicted molar refractivity (Wildman–Crippen MR) is 118 cm³/mol. The lowest BCUT2D eigenvalue weighted by atomic mass is 10.2. The molecule has 2 aromatic carbocycles. The number of rotatable bonds is 8. The Balaban J connectivity index is 1.67. The second-order valence-corrected chi connectivity index (χ2v) is 7.50. The first kappa shape index (κ1) is 21.6. The summed E-state index contributed by atoms with van der Waals surface area (Å²) in [7, 11) is 1.32. The Morgan fingerprint density at radius 2 is 2.00 bits per heavy atom. The number of esters is 1. The highest BCUT2D eigenvalue weighted by atomic mass is 35.5. The molecule has 7 nitrogen and oxygen atoms in total. The van der Waals surface area contributed by atoms with Crippen molar-refractivity contribution in [3.63, 3.8) is 0 Å². The van der Waals surface area contributed by atoms with Crippen LogP contribution in [0.5, 0.6) is 0 Å². The molecule has 0 radical (unpaired) electrons. The second-order valence-electron chi connectivity index (χ2n) is 6.12. The first-order valence-corrected chi connectivity index (χ1v) is 10.3. The molecule has 0 saturated carbocycles. The monoisotopic (exact) mass is 442 g/mol. The fourth-order valence-electron chi connectivity index (χ4n) is 2.66. The van der Waals surface area contributed by atoms with Crippen molar-refractivity contribution in [1.29, 1.82) is 0 Å². The standard InChI is InChI=1S/C21H19ClN4O3S/c1-3-11-26-19(15-5-4-6-16(22)12-15)24-25-21(26)30-13-18(27)23-17-9-7-14(8-10-17)20(28)29-2/h3-10,12H,1,11,13H2,2H3,(H,23,27). The molecule has 154 valence electrons. The average Bonchev–Trinajstić information content (AvgIpc) is 3.15. The van der Waals surface area contributed by atoms with E-state index in [1.165, 1.54) is 18.9 Å². The van der Waals surface area contributed by atoms with E-state index in [9.17, 15) is 9.59 Å². The van der Waals surface area contributed by atoms with Gasteiger partial charge in [-0.1, -0.05) is 41.6 Å². The summed E-state index contributed by atoms with van der Waals surface area (Å²) in [5, 5.41) is 12.5. The summed E-state index contributed by atoms with van der Waals surface area (Å²) in [4.78, 5) is 23.8. The van der Waals surface area contributed by atoms with Gasteiger partial charge in [-0.3, -0.25) is 9.36 Å². The number of carbonyl (C=O) groups is 2. The Labute approximate surface area is 183 Å². The summed E-state index contributed by atoms with van der Waals surface area (Å²) in [6, 6.07) is 13.8. The molecular formula is C21H19ClN4O3S. The highest BCUT2D eigenvalue weighted by molar-refractivity contribution is 7.99. The first-order chi connectivity index (χ1) is 14.5. The Kier molecular flexibility index (Phi) is 7.26. The van der Waals surface area contributed by atoms with Gasteiger partial charge in [-0.2, -0.15) is 0 Å². The van der Waals surface area contributed by atoms with Gasteiger partial charge in [0.15, 0.2) is 11.0 Å². The number of hydrogen-bond acceptors (Lipinski definition) is 6. The van der Waals surface area contributed by atoms with Gasteiger partial charge >= 0.3 is 5.97 Å². The zero-order chi connectivity index (χ0) is 21.5. The fourth-order valence-corrected chi connectivity index (χ4v) is 3.60. The third-order valence-electron chi connectivity index (χ3n) is 4.03. The van der Waals surface area contributed by atoms with Crippen LogP contribution in [0, 0.1) is 0 Å². The van der Waals surface area contributed by atoms with Crippen LogP contribution >= 0.6 is 23.4 Å². The van der Waals surface area contributed by atoms with Crippen molar-refractivity contribution in [3.05, 3.63) is 71.8 Å². The molecule has 0 bridgehead atoms. The predicted octanol–water partition coefficient (Wildman–Crippen LogP) is 4.30. The molecule has 0 spiro atoms. The maximum Gasteiger partial charge on any atom is 0.337 e. The van der Waals surface area contributed by atoms with E-state index in [0.717, 1.165) is 5.56 Å². The average molecular weight is 443 g/mol. The quantitative estimate of drug-likeness (QED) is 0.318. The molecule has 9 heteroatoms. The fraction of sp³-hybridized carbons (Fsp3) is 0.143. The van der Waals surface area contributed by atoms with Gasteiger partial charge in [-0.15, -0.1) is 16.8 Å². The summed E-state index contributed by atoms with van der Waals surface area (Å²) in [6.45, 7) is 4.28. The zero-order valence-electron chi connectivity index (χ0n) is 16.2. The minimum absolute atomic E-state index is 0.142. The number of anilines is 1. The van der Waals surface area contributed by atoms with Crippen molar-refractivity contribution in [2.75, 3.05) is 18.2 Å². The minimum atomic E-state index is -0.430. The molecule has 0 unspecified atom stereocenters. The molecule has 0 fully saturated rings. The van der Waals surface area contributed by atoms with Gasteiger partial charge in [0.05, 0.1) is 18.4 Å². The maximum atomic E-state index is 12.3. The van der Waals surface area contributed by atoms with Crippen LogP contribution in [0.2, 0.25) is 5.02 Å². The van der Waals surface area contributed by atoms with Crippen molar-refractivity contribution in [3.8, 4) is 11.4 Å². The Morgan fingerprint density at radius 3 is 2.67 bits per heavy atom. The number of hydrogen-bond donors (Lipinski definition) is 1. The number of aromatic nitrogens is 3. The number of benzene rings is 2. The van der Waals surface area contributed by atoms with Crippen LogP contribution in [-0.2, 0) is 16.1 Å². The van der Waals surface area contributed by atoms with Crippen LogP contribution in [0.4, 0.5) is 5.69 Å². The van der Waals surface area contributed by atoms with Gasteiger partial charge in [-0.25, -0.2) is 4.79 Å². The summed E-state index contributed by atoms with van der Waals surface area (Å²) in [6.07, 6.45) is 1.74. The summed E-state index contributed by atoms with van der Waals surface area (Å²) in [5.74, 6) is 0.159. The number of allylic oxidation sites excluding steroid dienone is 1. The maximum absolute atomic E-state index is 12.3. The van der Waals surface area contributed by atoms with E-state index in [4.69, 9.17) is 11.6 Å². The lowest BCUT2D eigenvalue weighted by Gasteiger charge is -2.09. The topological polar surface area (TPSA) is 86.1 Å². The van der Waals surface area contributed by atoms with E-state index in [2.05, 4.69) is 26.8 Å².